The van der Waals surface area contributed by atoms with Crippen molar-refractivity contribution < 1.29 is 14.6 Å². The lowest BCUT2D eigenvalue weighted by Crippen LogP contribution is -2.55. The molecule has 6 heteroatoms. The number of rotatable bonds is 3. The molecule has 27 heavy (non-hydrogen) atoms. The van der Waals surface area contributed by atoms with Crippen molar-refractivity contribution in [3.8, 4) is 0 Å². The number of aromatic nitrogens is 2. The molecule has 2 saturated heterocycles. The van der Waals surface area contributed by atoms with E-state index in [4.69, 9.17) is 4.74 Å². The highest BCUT2D eigenvalue weighted by Crippen LogP contribution is 2.42. The Morgan fingerprint density at radius 3 is 2.56 bits per heavy atom. The molecule has 2 atom stereocenters. The molecule has 2 aliphatic heterocycles. The van der Waals surface area contributed by atoms with Crippen LogP contribution in [0.2, 0.25) is 0 Å². The Bertz CT molecular complexity index is 669. The zero-order valence-corrected chi connectivity index (χ0v) is 17.5. The maximum absolute atomic E-state index is 12.6. The maximum atomic E-state index is 12.6. The molecule has 1 amide bonds. The molecular formula is C21H35N3O3. The van der Waals surface area contributed by atoms with Crippen LogP contribution >= 0.6 is 0 Å². The van der Waals surface area contributed by atoms with Crippen LogP contribution in [0.15, 0.2) is 6.07 Å². The summed E-state index contributed by atoms with van der Waals surface area (Å²) in [7, 11) is 0. The topological polar surface area (TPSA) is 67.6 Å². The third kappa shape index (κ3) is 4.72. The van der Waals surface area contributed by atoms with Gasteiger partial charge >= 0.3 is 0 Å². The number of carbonyl (C=O) groups excluding carboxylic acids is 1. The Kier molecular flexibility index (Phi) is 5.69. The van der Waals surface area contributed by atoms with Crippen LogP contribution in [0.25, 0.3) is 0 Å². The highest BCUT2D eigenvalue weighted by Gasteiger charge is 2.46. The summed E-state index contributed by atoms with van der Waals surface area (Å²) in [5.41, 5.74) is 1.82. The van der Waals surface area contributed by atoms with Crippen LogP contribution < -0.4 is 0 Å². The number of hydrogen-bond donors (Lipinski definition) is 1. The van der Waals surface area contributed by atoms with Gasteiger partial charge in [-0.3, -0.25) is 9.48 Å². The lowest BCUT2D eigenvalue weighted by Gasteiger charge is -2.50. The number of amides is 1. The van der Waals surface area contributed by atoms with Gasteiger partial charge in [-0.15, -0.1) is 0 Å². The molecule has 2 fully saturated rings. The molecule has 1 aromatic rings. The molecule has 6 nitrogen and oxygen atoms in total. The maximum Gasteiger partial charge on any atom is 0.224 e. The average Bonchev–Trinajstić information content (AvgIpc) is 2.89. The second kappa shape index (κ2) is 7.55. The van der Waals surface area contributed by atoms with Crippen LogP contribution in [-0.2, 0) is 16.1 Å². The van der Waals surface area contributed by atoms with E-state index in [0.717, 1.165) is 24.2 Å². The van der Waals surface area contributed by atoms with Crippen molar-refractivity contribution in [1.29, 1.82) is 0 Å². The van der Waals surface area contributed by atoms with Crippen LogP contribution in [0.5, 0.6) is 0 Å². The lowest BCUT2D eigenvalue weighted by molar-refractivity contribution is -0.207. The first-order valence-electron chi connectivity index (χ1n) is 10.2. The van der Waals surface area contributed by atoms with Gasteiger partial charge in [0.1, 0.15) is 0 Å². The molecule has 0 aliphatic carbocycles. The first kappa shape index (κ1) is 20.3. The minimum Gasteiger partial charge on any atom is -0.393 e. The fourth-order valence-electron chi connectivity index (χ4n) is 4.43. The second-order valence-electron chi connectivity index (χ2n) is 9.53. The van der Waals surface area contributed by atoms with Crippen molar-refractivity contribution in [3.63, 3.8) is 0 Å². The fraction of sp³-hybridized carbons (Fsp3) is 0.810. The van der Waals surface area contributed by atoms with Gasteiger partial charge in [-0.1, -0.05) is 20.8 Å². The van der Waals surface area contributed by atoms with Gasteiger partial charge in [0, 0.05) is 44.6 Å². The molecule has 3 rings (SSSR count). The van der Waals surface area contributed by atoms with E-state index in [2.05, 4.69) is 25.9 Å². The van der Waals surface area contributed by atoms with Crippen LogP contribution in [0.3, 0.4) is 0 Å². The molecule has 0 aromatic carbocycles. The summed E-state index contributed by atoms with van der Waals surface area (Å²) >= 11 is 0. The van der Waals surface area contributed by atoms with Gasteiger partial charge in [-0.25, -0.2) is 0 Å². The smallest absolute Gasteiger partial charge is 0.224 e. The van der Waals surface area contributed by atoms with Crippen molar-refractivity contribution in [1.82, 2.24) is 14.7 Å². The number of piperidine rings is 1. The summed E-state index contributed by atoms with van der Waals surface area (Å²) in [5.74, 6) is 0.182. The third-order valence-corrected chi connectivity index (χ3v) is 6.12. The average molecular weight is 378 g/mol. The normalized spacial score (nSPS) is 25.8. The second-order valence-corrected chi connectivity index (χ2v) is 9.53. The Hall–Kier alpha value is -1.40. The number of likely N-dealkylation sites (tertiary alicyclic amines) is 1. The van der Waals surface area contributed by atoms with Gasteiger partial charge < -0.3 is 14.7 Å². The van der Waals surface area contributed by atoms with Crippen LogP contribution in [-0.4, -0.2) is 56.6 Å². The van der Waals surface area contributed by atoms with Gasteiger partial charge in [0.2, 0.25) is 5.91 Å². The molecular weight excluding hydrogens is 342 g/mol. The minimum absolute atomic E-state index is 0.0150. The molecule has 0 unspecified atom stereocenters. The van der Waals surface area contributed by atoms with Gasteiger partial charge in [-0.05, 0) is 38.2 Å². The number of aliphatic hydroxyl groups is 1. The highest BCUT2D eigenvalue weighted by molar-refractivity contribution is 5.76. The van der Waals surface area contributed by atoms with Crippen molar-refractivity contribution >= 4 is 5.91 Å². The molecule has 2 aliphatic rings. The van der Waals surface area contributed by atoms with Crippen molar-refractivity contribution in [3.05, 3.63) is 17.5 Å². The van der Waals surface area contributed by atoms with E-state index in [1.54, 1.807) is 0 Å². The van der Waals surface area contributed by atoms with Gasteiger partial charge in [0.25, 0.3) is 0 Å². The molecule has 1 N–H and O–H groups in total. The molecule has 0 bridgehead atoms. The Labute approximate surface area is 162 Å². The van der Waals surface area contributed by atoms with Gasteiger partial charge in [0.15, 0.2) is 0 Å². The molecule has 1 spiro atoms. The Morgan fingerprint density at radius 2 is 2.00 bits per heavy atom. The largest absolute Gasteiger partial charge is 0.393 e. The van der Waals surface area contributed by atoms with E-state index < -0.39 is 0 Å². The van der Waals surface area contributed by atoms with E-state index in [0.29, 0.717) is 38.9 Å². The third-order valence-electron chi connectivity index (χ3n) is 6.12. The monoisotopic (exact) mass is 377 g/mol. The standard InChI is InChI=1S/C21H35N3O3/c1-15-12-16(2)24(22-15)9-6-19(26)23-10-7-21(8-11-23)14-17(25)13-18(27-21)20(3,4)5/h12,17-18,25H,6-11,13-14H2,1-5H3/t17-,18-/m1/s1. The Morgan fingerprint density at radius 1 is 1.33 bits per heavy atom. The first-order chi connectivity index (χ1) is 12.6. The molecule has 0 radical (unpaired) electrons. The van der Waals surface area contributed by atoms with E-state index >= 15 is 0 Å². The lowest BCUT2D eigenvalue weighted by atomic mass is 9.76. The predicted octanol–water partition coefficient (Wildman–Crippen LogP) is 2.84. The first-order valence-corrected chi connectivity index (χ1v) is 10.2. The number of ether oxygens (including phenoxy) is 1. The number of carbonyl (C=O) groups is 1. The summed E-state index contributed by atoms with van der Waals surface area (Å²) in [6, 6.07) is 2.03. The molecule has 1 aromatic heterocycles. The number of aryl methyl sites for hydroxylation is 3. The van der Waals surface area contributed by atoms with Crippen molar-refractivity contribution in [2.75, 3.05) is 13.1 Å². The van der Waals surface area contributed by atoms with E-state index in [1.165, 1.54) is 0 Å². The van der Waals surface area contributed by atoms with Crippen LogP contribution in [0, 0.1) is 19.3 Å². The highest BCUT2D eigenvalue weighted by atomic mass is 16.5. The number of aliphatic hydroxyl groups excluding tert-OH is 1. The van der Waals surface area contributed by atoms with Crippen LogP contribution in [0.1, 0.15) is 64.3 Å². The van der Waals surface area contributed by atoms with Gasteiger partial charge in [0.05, 0.1) is 23.5 Å². The summed E-state index contributed by atoms with van der Waals surface area (Å²) in [4.78, 5) is 14.6. The van der Waals surface area contributed by atoms with E-state index in [1.807, 2.05) is 29.5 Å². The molecule has 152 valence electrons. The summed E-state index contributed by atoms with van der Waals surface area (Å²) in [5, 5.41) is 14.8. The minimum atomic E-state index is -0.309. The summed E-state index contributed by atoms with van der Waals surface area (Å²) in [6.45, 7) is 12.5. The number of nitrogens with zero attached hydrogens (tertiary/aromatic N) is 3. The van der Waals surface area contributed by atoms with Gasteiger partial charge in [-0.2, -0.15) is 5.10 Å². The molecule has 3 heterocycles. The quantitative estimate of drug-likeness (QED) is 0.879. The number of hydrogen-bond acceptors (Lipinski definition) is 4. The van der Waals surface area contributed by atoms with E-state index in [9.17, 15) is 9.90 Å². The summed E-state index contributed by atoms with van der Waals surface area (Å²) < 4.78 is 8.42. The van der Waals surface area contributed by atoms with Crippen molar-refractivity contribution in [2.24, 2.45) is 5.41 Å². The summed E-state index contributed by atoms with van der Waals surface area (Å²) in [6.07, 6.45) is 3.24. The van der Waals surface area contributed by atoms with Crippen LogP contribution in [0.4, 0.5) is 0 Å². The zero-order chi connectivity index (χ0) is 19.8. The SMILES string of the molecule is Cc1cc(C)n(CCC(=O)N2CCC3(CC2)C[C@H](O)C[C@H](C(C)(C)C)O3)n1. The Balaban J connectivity index is 1.54. The predicted molar refractivity (Wildman–Crippen MR) is 104 cm³/mol. The fourth-order valence-corrected chi connectivity index (χ4v) is 4.43. The molecule has 0 saturated carbocycles. The van der Waals surface area contributed by atoms with E-state index in [-0.39, 0.29) is 29.1 Å². The zero-order valence-electron chi connectivity index (χ0n) is 17.5. The van der Waals surface area contributed by atoms with Crippen molar-refractivity contribution in [2.45, 2.75) is 91.1 Å².